The number of hydrazine groups is 1. The highest BCUT2D eigenvalue weighted by Gasteiger charge is 2.52. The molecule has 2 heterocycles. The number of thioether (sulfide) groups is 1. The van der Waals surface area contributed by atoms with Crippen LogP contribution in [0.25, 0.3) is 0 Å². The molecule has 1 aliphatic heterocycles. The normalized spacial score (nSPS) is 23.7. The summed E-state index contributed by atoms with van der Waals surface area (Å²) in [6, 6.07) is -0.567. The predicted molar refractivity (Wildman–Crippen MR) is 114 cm³/mol. The molecule has 0 radical (unpaired) electrons. The van der Waals surface area contributed by atoms with Gasteiger partial charge in [0, 0.05) is 19.8 Å². The Kier molecular flexibility index (Phi) is 7.89. The number of nitrogens with zero attached hydrogens (tertiary/aromatic N) is 3. The third-order valence-electron chi connectivity index (χ3n) is 5.21. The number of hydrogen-bond acceptors (Lipinski definition) is 9. The molecule has 1 aromatic rings. The van der Waals surface area contributed by atoms with Gasteiger partial charge in [-0.05, 0) is 44.9 Å². The number of rotatable bonds is 10. The lowest BCUT2D eigenvalue weighted by molar-refractivity contribution is -0.139. The molecule has 30 heavy (non-hydrogen) atoms. The zero-order valence-corrected chi connectivity index (χ0v) is 18.9. The van der Waals surface area contributed by atoms with Crippen LogP contribution in [0.2, 0.25) is 0 Å². The first kappa shape index (κ1) is 22.8. The molecule has 1 spiro atoms. The Bertz CT molecular complexity index is 766. The van der Waals surface area contributed by atoms with Crippen molar-refractivity contribution in [2.45, 2.75) is 55.8 Å². The molecule has 0 unspecified atom stereocenters. The summed E-state index contributed by atoms with van der Waals surface area (Å²) in [5.41, 5.74) is 1.56. The average molecular weight is 457 g/mol. The molecule has 0 bridgehead atoms. The van der Waals surface area contributed by atoms with Gasteiger partial charge in [-0.2, -0.15) is 5.01 Å². The zero-order chi connectivity index (χ0) is 21.6. The fraction of sp³-hybridized carbons (Fsp3) is 0.722. The van der Waals surface area contributed by atoms with Gasteiger partial charge in [-0.25, -0.2) is 4.79 Å². The quantitative estimate of drug-likeness (QED) is 0.277. The number of aromatic nitrogens is 2. The van der Waals surface area contributed by atoms with E-state index in [1.54, 1.807) is 0 Å². The fourth-order valence-corrected chi connectivity index (χ4v) is 5.02. The van der Waals surface area contributed by atoms with E-state index in [1.165, 1.54) is 23.1 Å². The number of amides is 4. The Morgan fingerprint density at radius 2 is 2.13 bits per heavy atom. The molecule has 3 rings (SSSR count). The van der Waals surface area contributed by atoms with Gasteiger partial charge in [-0.15, -0.1) is 10.2 Å². The van der Waals surface area contributed by atoms with Gasteiger partial charge >= 0.3 is 6.03 Å². The van der Waals surface area contributed by atoms with Gasteiger partial charge in [-0.3, -0.25) is 15.0 Å². The van der Waals surface area contributed by atoms with E-state index in [1.807, 2.05) is 6.92 Å². The summed E-state index contributed by atoms with van der Waals surface area (Å²) in [7, 11) is 0. The summed E-state index contributed by atoms with van der Waals surface area (Å²) in [6.45, 7) is 6.21. The highest BCUT2D eigenvalue weighted by molar-refractivity contribution is 8.01. The van der Waals surface area contributed by atoms with Crippen molar-refractivity contribution < 1.29 is 19.1 Å². The van der Waals surface area contributed by atoms with Crippen LogP contribution in [0, 0.1) is 5.92 Å². The molecule has 1 saturated carbocycles. The molecule has 0 atom stereocenters. The molecule has 12 heteroatoms. The number of nitrogens with one attached hydrogen (secondary N) is 3. The fourth-order valence-electron chi connectivity index (χ4n) is 3.45. The smallest absolute Gasteiger partial charge is 0.344 e. The van der Waals surface area contributed by atoms with Crippen LogP contribution < -0.4 is 16.1 Å². The summed E-state index contributed by atoms with van der Waals surface area (Å²) in [5.74, 6) is -0.241. The second kappa shape index (κ2) is 10.4. The Morgan fingerprint density at radius 1 is 1.37 bits per heavy atom. The maximum absolute atomic E-state index is 12.8. The summed E-state index contributed by atoms with van der Waals surface area (Å²) in [6.07, 6.45) is 3.83. The molecule has 1 aliphatic carbocycles. The number of carbonyl (C=O) groups is 3. The van der Waals surface area contributed by atoms with Crippen LogP contribution in [0.3, 0.4) is 0 Å². The topological polar surface area (TPSA) is 126 Å². The monoisotopic (exact) mass is 456 g/mol. The summed E-state index contributed by atoms with van der Waals surface area (Å²) in [5, 5.41) is 15.5. The molecule has 3 N–H and O–H groups in total. The largest absolute Gasteiger partial charge is 0.382 e. The number of anilines is 1. The molecule has 1 saturated heterocycles. The molecule has 10 nitrogen and oxygen atoms in total. The van der Waals surface area contributed by atoms with Crippen molar-refractivity contribution in [2.75, 3.05) is 30.8 Å². The lowest BCUT2D eigenvalue weighted by atomic mass is 9.77. The van der Waals surface area contributed by atoms with Crippen molar-refractivity contribution in [2.24, 2.45) is 5.92 Å². The Labute approximate surface area is 183 Å². The summed E-state index contributed by atoms with van der Waals surface area (Å²) >= 11 is 2.56. The Hall–Kier alpha value is -1.92. The maximum atomic E-state index is 12.8. The number of carbonyl (C=O) groups excluding carboxylic acids is 3. The zero-order valence-electron chi connectivity index (χ0n) is 17.2. The van der Waals surface area contributed by atoms with Gasteiger partial charge in [0.25, 0.3) is 5.91 Å². The van der Waals surface area contributed by atoms with Crippen molar-refractivity contribution >= 4 is 46.1 Å². The third kappa shape index (κ3) is 5.61. The van der Waals surface area contributed by atoms with Crippen molar-refractivity contribution in [3.63, 3.8) is 0 Å². The molecule has 2 aliphatic rings. The highest BCUT2D eigenvalue weighted by atomic mass is 32.2. The molecular formula is C18H28N6O4S2. The van der Waals surface area contributed by atoms with E-state index in [0.29, 0.717) is 41.4 Å². The standard InChI is InChI=1S/C18H28N6O4S2/c1-3-28-10-4-9-19-15-21-22-17(30-15)29-11-13(25)23-24-14(26)18(20-16(24)27)7-5-12(2)6-8-18/h12H,3-11H2,1-2H3,(H,19,21)(H,20,27)(H,23,25). The van der Waals surface area contributed by atoms with E-state index in [-0.39, 0.29) is 11.7 Å². The van der Waals surface area contributed by atoms with E-state index >= 15 is 0 Å². The number of hydrogen-bond donors (Lipinski definition) is 3. The van der Waals surface area contributed by atoms with E-state index in [4.69, 9.17) is 4.74 Å². The first-order valence-electron chi connectivity index (χ1n) is 10.2. The van der Waals surface area contributed by atoms with Crippen LogP contribution in [-0.4, -0.2) is 64.1 Å². The van der Waals surface area contributed by atoms with Gasteiger partial charge in [0.2, 0.25) is 11.0 Å². The minimum atomic E-state index is -0.869. The van der Waals surface area contributed by atoms with Crippen molar-refractivity contribution in [1.82, 2.24) is 25.9 Å². The highest BCUT2D eigenvalue weighted by Crippen LogP contribution is 2.35. The Morgan fingerprint density at radius 3 is 2.87 bits per heavy atom. The number of urea groups is 1. The van der Waals surface area contributed by atoms with E-state index in [0.717, 1.165) is 30.8 Å². The average Bonchev–Trinajstić information content (AvgIpc) is 3.27. The lowest BCUT2D eigenvalue weighted by Crippen LogP contribution is -2.51. The SMILES string of the molecule is CCOCCCNc1nnc(SCC(=O)NN2C(=O)NC3(CCC(C)CC3)C2=O)s1. The minimum absolute atomic E-state index is 0.0278. The maximum Gasteiger partial charge on any atom is 0.344 e. The lowest BCUT2D eigenvalue weighted by Gasteiger charge is -2.33. The first-order chi connectivity index (χ1) is 14.4. The first-order valence-corrected chi connectivity index (χ1v) is 12.0. The molecule has 4 amide bonds. The van der Waals surface area contributed by atoms with E-state index in [2.05, 4.69) is 33.2 Å². The van der Waals surface area contributed by atoms with Crippen LogP contribution >= 0.6 is 23.1 Å². The van der Waals surface area contributed by atoms with Gasteiger partial charge in [-0.1, -0.05) is 30.0 Å². The molecule has 1 aromatic heterocycles. The second-order valence-electron chi connectivity index (χ2n) is 7.51. The van der Waals surface area contributed by atoms with Crippen molar-refractivity contribution in [3.8, 4) is 0 Å². The minimum Gasteiger partial charge on any atom is -0.382 e. The van der Waals surface area contributed by atoms with Crippen LogP contribution in [0.1, 0.15) is 46.0 Å². The van der Waals surface area contributed by atoms with Crippen LogP contribution in [0.15, 0.2) is 4.34 Å². The summed E-state index contributed by atoms with van der Waals surface area (Å²) in [4.78, 5) is 37.3. The number of ether oxygens (including phenoxy) is 1. The van der Waals surface area contributed by atoms with Crippen LogP contribution in [0.4, 0.5) is 9.93 Å². The van der Waals surface area contributed by atoms with Gasteiger partial charge < -0.3 is 15.4 Å². The molecule has 0 aromatic carbocycles. The van der Waals surface area contributed by atoms with Crippen molar-refractivity contribution in [1.29, 1.82) is 0 Å². The van der Waals surface area contributed by atoms with Crippen LogP contribution in [-0.2, 0) is 14.3 Å². The molecule has 2 fully saturated rings. The predicted octanol–water partition coefficient (Wildman–Crippen LogP) is 2.00. The van der Waals surface area contributed by atoms with Crippen LogP contribution in [0.5, 0.6) is 0 Å². The third-order valence-corrected chi connectivity index (χ3v) is 7.22. The van der Waals surface area contributed by atoms with E-state index < -0.39 is 17.5 Å². The van der Waals surface area contributed by atoms with E-state index in [9.17, 15) is 14.4 Å². The van der Waals surface area contributed by atoms with Gasteiger partial charge in [0.1, 0.15) is 5.54 Å². The summed E-state index contributed by atoms with van der Waals surface area (Å²) < 4.78 is 5.91. The number of imide groups is 1. The van der Waals surface area contributed by atoms with Crippen molar-refractivity contribution in [3.05, 3.63) is 0 Å². The molecular weight excluding hydrogens is 428 g/mol. The second-order valence-corrected chi connectivity index (χ2v) is 9.71. The van der Waals surface area contributed by atoms with Gasteiger partial charge in [0.05, 0.1) is 5.75 Å². The molecule has 166 valence electrons. The Balaban J connectivity index is 1.43. The van der Waals surface area contributed by atoms with Gasteiger partial charge in [0.15, 0.2) is 4.34 Å².